The van der Waals surface area contributed by atoms with Gasteiger partial charge < -0.3 is 15.1 Å². The molecule has 1 N–H and O–H groups in total. The molecule has 0 aliphatic carbocycles. The lowest BCUT2D eigenvalue weighted by Crippen LogP contribution is -2.50. The first kappa shape index (κ1) is 18.1. The third kappa shape index (κ3) is 3.73. The number of thiazole rings is 1. The maximum Gasteiger partial charge on any atom is 0.321 e. The molecule has 140 valence electrons. The van der Waals surface area contributed by atoms with E-state index in [0.717, 1.165) is 29.4 Å². The molecule has 7 heteroatoms. The number of anilines is 2. The molecule has 1 aliphatic rings. The fourth-order valence-electron chi connectivity index (χ4n) is 3.22. The monoisotopic (exact) mass is 400 g/mol. The Labute approximate surface area is 167 Å². The van der Waals surface area contributed by atoms with E-state index in [1.807, 2.05) is 17.0 Å². The van der Waals surface area contributed by atoms with Gasteiger partial charge in [-0.05, 0) is 49.2 Å². The number of aryl methyl sites for hydroxylation is 2. The average molecular weight is 401 g/mol. The molecular formula is C20H21ClN4OS. The molecule has 3 aromatic rings. The Balaban J connectivity index is 1.41. The van der Waals surface area contributed by atoms with Crippen LogP contribution in [0.25, 0.3) is 10.2 Å². The predicted molar refractivity (Wildman–Crippen MR) is 113 cm³/mol. The first-order valence-electron chi connectivity index (χ1n) is 8.94. The maximum absolute atomic E-state index is 12.5. The molecule has 2 amide bonds. The third-order valence-electron chi connectivity index (χ3n) is 4.86. The van der Waals surface area contributed by atoms with Gasteiger partial charge >= 0.3 is 6.03 Å². The third-order valence-corrected chi connectivity index (χ3v) is 6.37. The number of piperazine rings is 1. The number of hydrogen-bond acceptors (Lipinski definition) is 4. The Morgan fingerprint density at radius 3 is 2.37 bits per heavy atom. The fraction of sp³-hybridized carbons (Fsp3) is 0.300. The number of hydrogen-bond donors (Lipinski definition) is 1. The Kier molecular flexibility index (Phi) is 4.93. The highest BCUT2D eigenvalue weighted by atomic mass is 35.5. The fourth-order valence-corrected chi connectivity index (χ4v) is 4.51. The first-order chi connectivity index (χ1) is 13.0. The second-order valence-corrected chi connectivity index (χ2v) is 8.20. The van der Waals surface area contributed by atoms with Crippen molar-refractivity contribution >= 4 is 50.0 Å². The Morgan fingerprint density at radius 2 is 1.70 bits per heavy atom. The normalized spacial score (nSPS) is 14.6. The minimum atomic E-state index is -0.0760. The number of fused-ring (bicyclic) bond motifs is 1. The van der Waals surface area contributed by atoms with Crippen molar-refractivity contribution in [1.29, 1.82) is 0 Å². The van der Waals surface area contributed by atoms with E-state index in [0.29, 0.717) is 18.1 Å². The molecule has 27 heavy (non-hydrogen) atoms. The van der Waals surface area contributed by atoms with Crippen LogP contribution >= 0.6 is 22.9 Å². The van der Waals surface area contributed by atoms with Crippen LogP contribution in [0.2, 0.25) is 5.02 Å². The lowest BCUT2D eigenvalue weighted by molar-refractivity contribution is 0.208. The van der Waals surface area contributed by atoms with Crippen LogP contribution in [0.15, 0.2) is 36.4 Å². The predicted octanol–water partition coefficient (Wildman–Crippen LogP) is 4.92. The lowest BCUT2D eigenvalue weighted by Gasteiger charge is -2.34. The number of urea groups is 1. The minimum Gasteiger partial charge on any atom is -0.345 e. The summed E-state index contributed by atoms with van der Waals surface area (Å²) < 4.78 is 1.26. The highest BCUT2D eigenvalue weighted by Gasteiger charge is 2.23. The van der Waals surface area contributed by atoms with Crippen LogP contribution in [0, 0.1) is 13.8 Å². The standard InChI is InChI=1S/C20H21ClN4OS/c1-13-3-4-14(2)18-17(13)23-20(27-18)25-11-9-24(10-12-25)19(26)22-16-7-5-15(21)6-8-16/h3-8H,9-12H2,1-2H3,(H,22,26). The summed E-state index contributed by atoms with van der Waals surface area (Å²) in [4.78, 5) is 21.4. The van der Waals surface area contributed by atoms with Crippen molar-refractivity contribution < 1.29 is 4.79 Å². The van der Waals surface area contributed by atoms with Crippen LogP contribution in [0.1, 0.15) is 11.1 Å². The number of amides is 2. The van der Waals surface area contributed by atoms with E-state index < -0.39 is 0 Å². The van der Waals surface area contributed by atoms with E-state index in [1.54, 1.807) is 23.5 Å². The molecule has 2 heterocycles. The molecule has 0 atom stereocenters. The number of nitrogens with zero attached hydrogens (tertiary/aromatic N) is 3. The molecule has 0 radical (unpaired) electrons. The summed E-state index contributed by atoms with van der Waals surface area (Å²) in [5.74, 6) is 0. The summed E-state index contributed by atoms with van der Waals surface area (Å²) in [6.45, 7) is 7.14. The molecule has 1 aromatic heterocycles. The summed E-state index contributed by atoms with van der Waals surface area (Å²) >= 11 is 7.63. The van der Waals surface area contributed by atoms with E-state index in [1.165, 1.54) is 15.8 Å². The quantitative estimate of drug-likeness (QED) is 0.664. The molecule has 0 spiro atoms. The zero-order valence-corrected chi connectivity index (χ0v) is 16.9. The van der Waals surface area contributed by atoms with Crippen molar-refractivity contribution in [2.75, 3.05) is 36.4 Å². The lowest BCUT2D eigenvalue weighted by atomic mass is 10.1. The van der Waals surface area contributed by atoms with Gasteiger partial charge in [0.1, 0.15) is 0 Å². The van der Waals surface area contributed by atoms with Crippen molar-refractivity contribution in [3.63, 3.8) is 0 Å². The number of rotatable bonds is 2. The molecule has 1 aliphatic heterocycles. The zero-order valence-electron chi connectivity index (χ0n) is 15.3. The van der Waals surface area contributed by atoms with Crippen molar-refractivity contribution in [3.8, 4) is 0 Å². The van der Waals surface area contributed by atoms with Crippen LogP contribution in [-0.2, 0) is 0 Å². The summed E-state index contributed by atoms with van der Waals surface area (Å²) in [5.41, 5.74) is 4.32. The topological polar surface area (TPSA) is 48.5 Å². The van der Waals surface area contributed by atoms with E-state index in [4.69, 9.17) is 16.6 Å². The van der Waals surface area contributed by atoms with Crippen molar-refractivity contribution in [1.82, 2.24) is 9.88 Å². The molecule has 4 rings (SSSR count). The van der Waals surface area contributed by atoms with Crippen LogP contribution in [0.5, 0.6) is 0 Å². The molecule has 0 bridgehead atoms. The van der Waals surface area contributed by atoms with Gasteiger partial charge in [0.2, 0.25) is 0 Å². The minimum absolute atomic E-state index is 0.0760. The van der Waals surface area contributed by atoms with Crippen LogP contribution in [-0.4, -0.2) is 42.1 Å². The highest BCUT2D eigenvalue weighted by Crippen LogP contribution is 2.33. The Morgan fingerprint density at radius 1 is 1.04 bits per heavy atom. The maximum atomic E-state index is 12.5. The second kappa shape index (κ2) is 7.37. The number of carbonyl (C=O) groups excluding carboxylic acids is 1. The van der Waals surface area contributed by atoms with E-state index in [2.05, 4.69) is 36.2 Å². The molecule has 2 aromatic carbocycles. The molecule has 0 saturated carbocycles. The second-order valence-electron chi connectivity index (χ2n) is 6.78. The van der Waals surface area contributed by atoms with Gasteiger partial charge in [0, 0.05) is 36.9 Å². The molecular weight excluding hydrogens is 380 g/mol. The van der Waals surface area contributed by atoms with Gasteiger partial charge in [0.25, 0.3) is 0 Å². The van der Waals surface area contributed by atoms with Crippen molar-refractivity contribution in [2.24, 2.45) is 0 Å². The smallest absolute Gasteiger partial charge is 0.321 e. The summed E-state index contributed by atoms with van der Waals surface area (Å²) in [6.07, 6.45) is 0. The number of nitrogens with one attached hydrogen (secondary N) is 1. The summed E-state index contributed by atoms with van der Waals surface area (Å²) in [7, 11) is 0. The van der Waals surface area contributed by atoms with Gasteiger partial charge in [-0.3, -0.25) is 0 Å². The summed E-state index contributed by atoms with van der Waals surface area (Å²) in [5, 5.41) is 4.62. The number of aromatic nitrogens is 1. The van der Waals surface area contributed by atoms with Crippen molar-refractivity contribution in [2.45, 2.75) is 13.8 Å². The van der Waals surface area contributed by atoms with Crippen molar-refractivity contribution in [3.05, 3.63) is 52.5 Å². The van der Waals surface area contributed by atoms with Gasteiger partial charge in [-0.1, -0.05) is 35.1 Å². The van der Waals surface area contributed by atoms with Gasteiger partial charge in [-0.25, -0.2) is 9.78 Å². The molecule has 0 unspecified atom stereocenters. The van der Waals surface area contributed by atoms with E-state index in [-0.39, 0.29) is 6.03 Å². The van der Waals surface area contributed by atoms with Gasteiger partial charge in [-0.15, -0.1) is 0 Å². The zero-order chi connectivity index (χ0) is 19.0. The molecule has 1 saturated heterocycles. The first-order valence-corrected chi connectivity index (χ1v) is 10.1. The highest BCUT2D eigenvalue weighted by molar-refractivity contribution is 7.22. The largest absolute Gasteiger partial charge is 0.345 e. The van der Waals surface area contributed by atoms with E-state index >= 15 is 0 Å². The van der Waals surface area contributed by atoms with Crippen LogP contribution in [0.4, 0.5) is 15.6 Å². The van der Waals surface area contributed by atoms with Gasteiger partial charge in [0.05, 0.1) is 10.2 Å². The van der Waals surface area contributed by atoms with E-state index in [9.17, 15) is 4.79 Å². The van der Waals surface area contributed by atoms with Gasteiger partial charge in [-0.2, -0.15) is 0 Å². The molecule has 5 nitrogen and oxygen atoms in total. The van der Waals surface area contributed by atoms with Crippen LogP contribution in [0.3, 0.4) is 0 Å². The SMILES string of the molecule is Cc1ccc(C)c2sc(N3CCN(C(=O)Nc4ccc(Cl)cc4)CC3)nc12. The van der Waals surface area contributed by atoms with Crippen LogP contribution < -0.4 is 10.2 Å². The number of halogens is 1. The number of benzene rings is 2. The van der Waals surface area contributed by atoms with Gasteiger partial charge in [0.15, 0.2) is 5.13 Å². The summed E-state index contributed by atoms with van der Waals surface area (Å²) in [6, 6.07) is 11.4. The Hall–Kier alpha value is -2.31. The average Bonchev–Trinajstić information content (AvgIpc) is 3.14. The Bertz CT molecular complexity index is 939. The number of carbonyl (C=O) groups is 1. The molecule has 1 fully saturated rings.